The van der Waals surface area contributed by atoms with Gasteiger partial charge < -0.3 is 19.5 Å². The zero-order chi connectivity index (χ0) is 27.6. The Morgan fingerprint density at radius 3 is 2.05 bits per heavy atom. The first-order valence-electron chi connectivity index (χ1n) is 13.4. The lowest BCUT2D eigenvalue weighted by molar-refractivity contribution is -0.138. The van der Waals surface area contributed by atoms with Crippen LogP contribution in [0.1, 0.15) is 42.6 Å². The van der Waals surface area contributed by atoms with Crippen molar-refractivity contribution in [2.24, 2.45) is 5.41 Å². The number of carbonyl (C=O) groups excluding carboxylic acids is 1. The predicted octanol–water partition coefficient (Wildman–Crippen LogP) is 5.62. The van der Waals surface area contributed by atoms with Gasteiger partial charge in [-0.25, -0.2) is 9.18 Å². The topological polar surface area (TPSA) is 79.3 Å². The lowest BCUT2D eigenvalue weighted by atomic mass is 9.70. The van der Waals surface area contributed by atoms with Crippen LogP contribution in [0.4, 0.5) is 10.1 Å². The second-order valence-corrected chi connectivity index (χ2v) is 10.1. The molecule has 2 aliphatic rings. The summed E-state index contributed by atoms with van der Waals surface area (Å²) >= 11 is 0. The highest BCUT2D eigenvalue weighted by Gasteiger charge is 2.53. The summed E-state index contributed by atoms with van der Waals surface area (Å²) in [5, 5.41) is 9.11. The summed E-state index contributed by atoms with van der Waals surface area (Å²) < 4.78 is 25.6. The normalized spacial score (nSPS) is 16.7. The van der Waals surface area contributed by atoms with Crippen molar-refractivity contribution in [2.75, 3.05) is 37.7 Å². The molecule has 1 amide bonds. The van der Waals surface area contributed by atoms with Crippen LogP contribution in [0.2, 0.25) is 0 Å². The zero-order valence-corrected chi connectivity index (χ0v) is 22.3. The van der Waals surface area contributed by atoms with Crippen molar-refractivity contribution >= 4 is 17.6 Å². The molecule has 0 unspecified atom stereocenters. The highest BCUT2D eigenvalue weighted by molar-refractivity contribution is 6.04. The Morgan fingerprint density at radius 1 is 0.949 bits per heavy atom. The number of piperidine rings is 1. The predicted molar refractivity (Wildman–Crippen MR) is 147 cm³/mol. The highest BCUT2D eigenvalue weighted by atomic mass is 19.1. The minimum absolute atomic E-state index is 0.117. The van der Waals surface area contributed by atoms with Gasteiger partial charge >= 0.3 is 5.97 Å². The molecule has 2 heterocycles. The molecule has 7 nitrogen and oxygen atoms in total. The number of benzene rings is 3. The lowest BCUT2D eigenvalue weighted by Crippen LogP contribution is -2.64. The van der Waals surface area contributed by atoms with Gasteiger partial charge in [0.2, 0.25) is 5.91 Å². The number of hydrogen-bond donors (Lipinski definition) is 1. The molecule has 8 heteroatoms. The maximum Gasteiger partial charge on any atom is 0.335 e. The van der Waals surface area contributed by atoms with Gasteiger partial charge in [-0.15, -0.1) is 0 Å². The van der Waals surface area contributed by atoms with E-state index < -0.39 is 5.97 Å². The smallest absolute Gasteiger partial charge is 0.335 e. The molecule has 5 rings (SSSR count). The van der Waals surface area contributed by atoms with E-state index in [0.717, 1.165) is 48.3 Å². The number of β-lactam (4-membered cyclic amide) rings is 1. The van der Waals surface area contributed by atoms with Crippen molar-refractivity contribution in [1.29, 1.82) is 0 Å². The van der Waals surface area contributed by atoms with Crippen LogP contribution >= 0.6 is 0 Å². The maximum atomic E-state index is 13.6. The molecule has 2 aliphatic heterocycles. The van der Waals surface area contributed by atoms with E-state index in [2.05, 4.69) is 4.90 Å². The third kappa shape index (κ3) is 5.34. The Balaban J connectivity index is 1.28. The molecule has 2 saturated heterocycles. The van der Waals surface area contributed by atoms with E-state index in [0.29, 0.717) is 37.8 Å². The molecule has 0 aromatic heterocycles. The summed E-state index contributed by atoms with van der Waals surface area (Å²) in [4.78, 5) is 28.4. The molecule has 0 aliphatic carbocycles. The molecule has 39 heavy (non-hydrogen) atoms. The van der Waals surface area contributed by atoms with E-state index in [1.807, 2.05) is 26.0 Å². The molecule has 2 fully saturated rings. The Hall–Kier alpha value is -3.91. The van der Waals surface area contributed by atoms with Gasteiger partial charge in [0.05, 0.1) is 29.8 Å². The van der Waals surface area contributed by atoms with Crippen LogP contribution in [-0.4, -0.2) is 54.7 Å². The van der Waals surface area contributed by atoms with E-state index >= 15 is 0 Å². The molecule has 0 bridgehead atoms. The van der Waals surface area contributed by atoms with Crippen LogP contribution in [0, 0.1) is 11.2 Å². The summed E-state index contributed by atoms with van der Waals surface area (Å²) in [6, 6.07) is 16.9. The molecule has 0 atom stereocenters. The first-order chi connectivity index (χ1) is 18.8. The number of carboxylic acid groups (broad SMARTS) is 1. The molecule has 0 radical (unpaired) electrons. The van der Waals surface area contributed by atoms with Crippen molar-refractivity contribution in [2.45, 2.75) is 33.2 Å². The number of ether oxygens (including phenoxy) is 2. The number of likely N-dealkylation sites (tertiary alicyclic amines) is 1. The van der Waals surface area contributed by atoms with Gasteiger partial charge in [-0.3, -0.25) is 9.69 Å². The highest BCUT2D eigenvalue weighted by Crippen LogP contribution is 2.45. The Bertz CT molecular complexity index is 1320. The summed E-state index contributed by atoms with van der Waals surface area (Å²) in [5.74, 6) is 0.256. The van der Waals surface area contributed by atoms with Gasteiger partial charge in [0.15, 0.2) is 0 Å². The van der Waals surface area contributed by atoms with Crippen LogP contribution in [0.5, 0.6) is 11.5 Å². The van der Waals surface area contributed by atoms with Crippen molar-refractivity contribution in [3.63, 3.8) is 0 Å². The Morgan fingerprint density at radius 2 is 1.54 bits per heavy atom. The Labute approximate surface area is 227 Å². The number of aromatic carboxylic acids is 1. The van der Waals surface area contributed by atoms with Crippen LogP contribution in [0.15, 0.2) is 60.7 Å². The average molecular weight is 533 g/mol. The fourth-order valence-electron chi connectivity index (χ4n) is 5.57. The molecule has 3 aromatic rings. The molecule has 204 valence electrons. The van der Waals surface area contributed by atoms with Crippen molar-refractivity contribution in [1.82, 2.24) is 4.90 Å². The number of hydrogen-bond acceptors (Lipinski definition) is 5. The third-order valence-corrected chi connectivity index (χ3v) is 7.66. The fourth-order valence-corrected chi connectivity index (χ4v) is 5.57. The molecular formula is C31H33FN2O5. The molecule has 1 spiro atoms. The van der Waals surface area contributed by atoms with Crippen LogP contribution in [0.25, 0.3) is 11.1 Å². The Kier molecular flexibility index (Phi) is 7.57. The SMILES string of the molecule is CCOc1cc(CN2CCC3(CC2)CN(c2ccc(C(=O)O)cc2)C3=O)cc(OCC)c1-c1ccc(F)cc1. The lowest BCUT2D eigenvalue weighted by Gasteiger charge is -2.52. The van der Waals surface area contributed by atoms with Crippen LogP contribution in [-0.2, 0) is 11.3 Å². The third-order valence-electron chi connectivity index (χ3n) is 7.66. The number of rotatable bonds is 9. The van der Waals surface area contributed by atoms with E-state index in [1.54, 1.807) is 29.2 Å². The van der Waals surface area contributed by atoms with Gasteiger partial charge in [0, 0.05) is 18.8 Å². The second-order valence-electron chi connectivity index (χ2n) is 10.1. The number of carbonyl (C=O) groups is 2. The number of carboxylic acids is 1. The summed E-state index contributed by atoms with van der Waals surface area (Å²) in [6.45, 7) is 7.81. The van der Waals surface area contributed by atoms with Gasteiger partial charge in [0.1, 0.15) is 17.3 Å². The largest absolute Gasteiger partial charge is 0.493 e. The monoisotopic (exact) mass is 532 g/mol. The number of amides is 1. The van der Waals surface area contributed by atoms with Crippen molar-refractivity contribution < 1.29 is 28.6 Å². The minimum atomic E-state index is -0.979. The first-order valence-corrected chi connectivity index (χ1v) is 13.4. The fraction of sp³-hybridized carbons (Fsp3) is 0.355. The molecule has 3 aromatic carbocycles. The number of anilines is 1. The van der Waals surface area contributed by atoms with E-state index in [4.69, 9.17) is 14.6 Å². The summed E-state index contributed by atoms with van der Waals surface area (Å²) in [6.07, 6.45) is 1.56. The quantitative estimate of drug-likeness (QED) is 0.361. The number of halogens is 1. The maximum absolute atomic E-state index is 13.6. The minimum Gasteiger partial charge on any atom is -0.493 e. The summed E-state index contributed by atoms with van der Waals surface area (Å²) in [7, 11) is 0. The van der Waals surface area contributed by atoms with Gasteiger partial charge in [-0.2, -0.15) is 0 Å². The zero-order valence-electron chi connectivity index (χ0n) is 22.3. The second kappa shape index (κ2) is 11.1. The van der Waals surface area contributed by atoms with E-state index in [1.165, 1.54) is 24.3 Å². The van der Waals surface area contributed by atoms with Gasteiger partial charge in [-0.05, 0) is 99.4 Å². The van der Waals surface area contributed by atoms with Gasteiger partial charge in [-0.1, -0.05) is 12.1 Å². The van der Waals surface area contributed by atoms with Gasteiger partial charge in [0.25, 0.3) is 0 Å². The first kappa shape index (κ1) is 26.7. The van der Waals surface area contributed by atoms with E-state index in [9.17, 15) is 14.0 Å². The summed E-state index contributed by atoms with van der Waals surface area (Å²) in [5.41, 5.74) is 3.31. The van der Waals surface area contributed by atoms with Crippen LogP contribution < -0.4 is 14.4 Å². The average Bonchev–Trinajstić information content (AvgIpc) is 2.93. The number of nitrogens with zero attached hydrogens (tertiary/aromatic N) is 2. The molecular weight excluding hydrogens is 499 g/mol. The van der Waals surface area contributed by atoms with Crippen LogP contribution in [0.3, 0.4) is 0 Å². The van der Waals surface area contributed by atoms with Crippen molar-refractivity contribution in [3.05, 3.63) is 77.6 Å². The molecule has 1 N–H and O–H groups in total. The molecule has 0 saturated carbocycles. The van der Waals surface area contributed by atoms with Crippen molar-refractivity contribution in [3.8, 4) is 22.6 Å². The van der Waals surface area contributed by atoms with E-state index in [-0.39, 0.29) is 22.7 Å². The standard InChI is InChI=1S/C31H33FN2O5/c1-3-38-26-17-21(18-27(39-4-2)28(26)22-5-9-24(32)10-6-22)19-33-15-13-31(14-16-33)20-34(30(31)37)25-11-7-23(8-12-25)29(35)36/h5-12,17-18H,3-4,13-16,19-20H2,1-2H3,(H,35,36).